The van der Waals surface area contributed by atoms with Crippen molar-refractivity contribution >= 4 is 5.91 Å². The van der Waals surface area contributed by atoms with Crippen LogP contribution in [0.5, 0.6) is 0 Å². The van der Waals surface area contributed by atoms with E-state index < -0.39 is 0 Å². The molecule has 1 aliphatic rings. The summed E-state index contributed by atoms with van der Waals surface area (Å²) >= 11 is 0. The number of rotatable bonds is 6. The Labute approximate surface area is 112 Å². The van der Waals surface area contributed by atoms with Crippen LogP contribution in [0.1, 0.15) is 59.3 Å². The average molecular weight is 254 g/mol. The summed E-state index contributed by atoms with van der Waals surface area (Å²) in [4.78, 5) is 11.7. The van der Waals surface area contributed by atoms with E-state index in [-0.39, 0.29) is 11.9 Å². The van der Waals surface area contributed by atoms with E-state index in [1.54, 1.807) is 0 Å². The molecule has 106 valence electrons. The lowest BCUT2D eigenvalue weighted by molar-refractivity contribution is -0.121. The Balaban J connectivity index is 2.11. The van der Waals surface area contributed by atoms with Gasteiger partial charge < -0.3 is 11.1 Å². The molecule has 1 aliphatic carbocycles. The lowest BCUT2D eigenvalue weighted by Crippen LogP contribution is -2.35. The molecule has 0 radical (unpaired) electrons. The van der Waals surface area contributed by atoms with Crippen molar-refractivity contribution in [2.24, 2.45) is 23.5 Å². The highest BCUT2D eigenvalue weighted by Gasteiger charge is 2.19. The molecule has 1 fully saturated rings. The normalized spacial score (nSPS) is 26.1. The van der Waals surface area contributed by atoms with Gasteiger partial charge in [0.15, 0.2) is 0 Å². The van der Waals surface area contributed by atoms with Gasteiger partial charge in [-0.25, -0.2) is 0 Å². The van der Waals surface area contributed by atoms with Crippen molar-refractivity contribution in [2.45, 2.75) is 65.3 Å². The van der Waals surface area contributed by atoms with Crippen LogP contribution < -0.4 is 11.1 Å². The molecule has 0 aromatic rings. The molecule has 0 aliphatic heterocycles. The zero-order valence-electron chi connectivity index (χ0n) is 12.2. The first-order valence-electron chi connectivity index (χ1n) is 7.51. The molecule has 1 amide bonds. The van der Waals surface area contributed by atoms with Crippen LogP contribution in [0.15, 0.2) is 0 Å². The highest BCUT2D eigenvalue weighted by molar-refractivity contribution is 5.76. The lowest BCUT2D eigenvalue weighted by Gasteiger charge is -2.26. The fraction of sp³-hybridized carbons (Fsp3) is 0.933. The van der Waals surface area contributed by atoms with Crippen LogP contribution in [-0.2, 0) is 4.79 Å². The van der Waals surface area contributed by atoms with Crippen molar-refractivity contribution < 1.29 is 4.79 Å². The Morgan fingerprint density at radius 2 is 2.11 bits per heavy atom. The first-order chi connectivity index (χ1) is 8.49. The van der Waals surface area contributed by atoms with Crippen molar-refractivity contribution in [3.63, 3.8) is 0 Å². The molecule has 3 heteroatoms. The number of nitrogens with one attached hydrogen (secondary N) is 1. The Morgan fingerprint density at radius 1 is 1.39 bits per heavy atom. The predicted octanol–water partition coefficient (Wildman–Crippen LogP) is 2.69. The van der Waals surface area contributed by atoms with Gasteiger partial charge in [0.05, 0.1) is 0 Å². The van der Waals surface area contributed by atoms with E-state index in [1.807, 2.05) is 0 Å². The molecule has 0 bridgehead atoms. The summed E-state index contributed by atoms with van der Waals surface area (Å²) in [6.07, 6.45) is 7.00. The standard InChI is InChI=1S/C15H30N2O/c1-11(2)14(16)10-15(18)17-8-7-13-6-4-5-12(3)9-13/h11-14H,4-10,16H2,1-3H3,(H,17,18). The third kappa shape index (κ3) is 5.85. The van der Waals surface area contributed by atoms with Crippen LogP contribution in [0.25, 0.3) is 0 Å². The lowest BCUT2D eigenvalue weighted by atomic mass is 9.81. The van der Waals surface area contributed by atoms with Gasteiger partial charge in [-0.1, -0.05) is 40.0 Å². The smallest absolute Gasteiger partial charge is 0.221 e. The highest BCUT2D eigenvalue weighted by atomic mass is 16.1. The van der Waals surface area contributed by atoms with E-state index in [0.717, 1.165) is 24.8 Å². The molecule has 0 aromatic heterocycles. The molecule has 0 heterocycles. The van der Waals surface area contributed by atoms with Crippen LogP contribution in [0.2, 0.25) is 0 Å². The largest absolute Gasteiger partial charge is 0.356 e. The van der Waals surface area contributed by atoms with Crippen molar-refractivity contribution in [2.75, 3.05) is 6.54 Å². The molecule has 1 saturated carbocycles. The van der Waals surface area contributed by atoms with E-state index in [4.69, 9.17) is 5.73 Å². The molecule has 3 unspecified atom stereocenters. The zero-order chi connectivity index (χ0) is 13.5. The van der Waals surface area contributed by atoms with Crippen LogP contribution >= 0.6 is 0 Å². The maximum absolute atomic E-state index is 11.7. The Hall–Kier alpha value is -0.570. The fourth-order valence-electron chi connectivity index (χ4n) is 2.76. The molecule has 0 saturated heterocycles. The Morgan fingerprint density at radius 3 is 2.72 bits per heavy atom. The fourth-order valence-corrected chi connectivity index (χ4v) is 2.76. The third-order valence-electron chi connectivity index (χ3n) is 4.20. The number of hydrogen-bond donors (Lipinski definition) is 2. The quantitative estimate of drug-likeness (QED) is 0.765. The molecule has 18 heavy (non-hydrogen) atoms. The summed E-state index contributed by atoms with van der Waals surface area (Å²) in [5.74, 6) is 2.16. The number of carbonyl (C=O) groups is 1. The van der Waals surface area contributed by atoms with Crippen LogP contribution in [0.3, 0.4) is 0 Å². The number of hydrogen-bond acceptors (Lipinski definition) is 2. The molecule has 3 N–H and O–H groups in total. The van der Waals surface area contributed by atoms with Crippen molar-refractivity contribution in [1.29, 1.82) is 0 Å². The summed E-state index contributed by atoms with van der Waals surface area (Å²) < 4.78 is 0. The van der Waals surface area contributed by atoms with E-state index >= 15 is 0 Å². The SMILES string of the molecule is CC1CCCC(CCNC(=O)CC(N)C(C)C)C1. The summed E-state index contributed by atoms with van der Waals surface area (Å²) in [7, 11) is 0. The minimum atomic E-state index is -0.0142. The molecule has 0 spiro atoms. The Kier molecular flexibility index (Phi) is 6.69. The van der Waals surface area contributed by atoms with E-state index in [0.29, 0.717) is 12.3 Å². The van der Waals surface area contributed by atoms with Crippen molar-refractivity contribution in [1.82, 2.24) is 5.32 Å². The minimum Gasteiger partial charge on any atom is -0.356 e. The predicted molar refractivity (Wildman–Crippen MR) is 76.2 cm³/mol. The van der Waals surface area contributed by atoms with Crippen LogP contribution in [-0.4, -0.2) is 18.5 Å². The van der Waals surface area contributed by atoms with Gasteiger partial charge in [0, 0.05) is 19.0 Å². The van der Waals surface area contributed by atoms with Gasteiger partial charge in [0.2, 0.25) is 5.91 Å². The van der Waals surface area contributed by atoms with E-state index in [1.165, 1.54) is 25.7 Å². The molecule has 1 rings (SSSR count). The summed E-state index contributed by atoms with van der Waals surface area (Å²) in [6.45, 7) is 7.27. The second kappa shape index (κ2) is 7.78. The number of amides is 1. The first-order valence-corrected chi connectivity index (χ1v) is 7.51. The van der Waals surface area contributed by atoms with Crippen LogP contribution in [0.4, 0.5) is 0 Å². The highest BCUT2D eigenvalue weighted by Crippen LogP contribution is 2.30. The number of nitrogens with two attached hydrogens (primary N) is 1. The van der Waals surface area contributed by atoms with E-state index in [2.05, 4.69) is 26.1 Å². The first kappa shape index (κ1) is 15.5. The van der Waals surface area contributed by atoms with E-state index in [9.17, 15) is 4.79 Å². The monoisotopic (exact) mass is 254 g/mol. The summed E-state index contributed by atoms with van der Waals surface area (Å²) in [6, 6.07) is -0.0142. The molecular formula is C15H30N2O. The molecule has 3 atom stereocenters. The maximum Gasteiger partial charge on any atom is 0.221 e. The van der Waals surface area contributed by atoms with Crippen molar-refractivity contribution in [3.05, 3.63) is 0 Å². The number of carbonyl (C=O) groups excluding carboxylic acids is 1. The van der Waals surface area contributed by atoms with Crippen molar-refractivity contribution in [3.8, 4) is 0 Å². The van der Waals surface area contributed by atoms with Gasteiger partial charge in [0.1, 0.15) is 0 Å². The van der Waals surface area contributed by atoms with Gasteiger partial charge in [-0.15, -0.1) is 0 Å². The summed E-state index contributed by atoms with van der Waals surface area (Å²) in [5.41, 5.74) is 5.89. The van der Waals surface area contributed by atoms with Gasteiger partial charge in [-0.3, -0.25) is 4.79 Å². The average Bonchev–Trinajstić information content (AvgIpc) is 2.28. The summed E-state index contributed by atoms with van der Waals surface area (Å²) in [5, 5.41) is 3.01. The van der Waals surface area contributed by atoms with Gasteiger partial charge in [-0.05, 0) is 30.6 Å². The minimum absolute atomic E-state index is 0.0142. The third-order valence-corrected chi connectivity index (χ3v) is 4.20. The van der Waals surface area contributed by atoms with Gasteiger partial charge >= 0.3 is 0 Å². The zero-order valence-corrected chi connectivity index (χ0v) is 12.2. The van der Waals surface area contributed by atoms with Crippen LogP contribution in [0, 0.1) is 17.8 Å². The maximum atomic E-state index is 11.7. The second-order valence-corrected chi connectivity index (χ2v) is 6.39. The molecular weight excluding hydrogens is 224 g/mol. The van der Waals surface area contributed by atoms with Gasteiger partial charge in [-0.2, -0.15) is 0 Å². The van der Waals surface area contributed by atoms with Gasteiger partial charge in [0.25, 0.3) is 0 Å². The Bertz CT molecular complexity index is 253. The topological polar surface area (TPSA) is 55.1 Å². The molecule has 3 nitrogen and oxygen atoms in total. The molecule has 0 aromatic carbocycles. The second-order valence-electron chi connectivity index (χ2n) is 6.39.